The number of thiophene rings is 1. The second kappa shape index (κ2) is 12.3. The van der Waals surface area contributed by atoms with Crippen molar-refractivity contribution in [3.63, 3.8) is 0 Å². The van der Waals surface area contributed by atoms with E-state index < -0.39 is 5.41 Å². The third kappa shape index (κ3) is 6.49. The van der Waals surface area contributed by atoms with Gasteiger partial charge in [0.1, 0.15) is 5.82 Å². The van der Waals surface area contributed by atoms with Gasteiger partial charge in [0.15, 0.2) is 5.13 Å². The number of hydrogen-bond acceptors (Lipinski definition) is 9. The Hall–Kier alpha value is -4.22. The van der Waals surface area contributed by atoms with E-state index >= 15 is 0 Å². The minimum atomic E-state index is -0.435. The molecule has 1 aromatic carbocycles. The van der Waals surface area contributed by atoms with Crippen LogP contribution in [0, 0.1) is 35.5 Å². The molecule has 1 aliphatic rings. The maximum absolute atomic E-state index is 12.7. The summed E-state index contributed by atoms with van der Waals surface area (Å²) in [5, 5.41) is 22.7. The number of nitrogen functional groups attached to an aromatic ring is 1. The van der Waals surface area contributed by atoms with Gasteiger partial charge in [0.2, 0.25) is 0 Å². The fourth-order valence-corrected chi connectivity index (χ4v) is 5.64. The highest BCUT2D eigenvalue weighted by atomic mass is 32.1. The topological polar surface area (TPSA) is 126 Å². The average molecular weight is 569 g/mol. The van der Waals surface area contributed by atoms with Gasteiger partial charge in [0, 0.05) is 54.6 Å². The van der Waals surface area contributed by atoms with E-state index in [-0.39, 0.29) is 5.91 Å². The van der Waals surface area contributed by atoms with E-state index in [9.17, 15) is 10.1 Å². The number of aryl methyl sites for hydroxylation is 1. The molecule has 4 N–H and O–H groups in total. The van der Waals surface area contributed by atoms with E-state index in [0.29, 0.717) is 56.1 Å². The van der Waals surface area contributed by atoms with E-state index in [4.69, 9.17) is 15.5 Å². The summed E-state index contributed by atoms with van der Waals surface area (Å²) in [7, 11) is 0. The Labute approximate surface area is 241 Å². The molecule has 0 aliphatic carbocycles. The summed E-state index contributed by atoms with van der Waals surface area (Å²) >= 11 is 3.08. The summed E-state index contributed by atoms with van der Waals surface area (Å²) in [5.41, 5.74) is 11.2. The van der Waals surface area contributed by atoms with Crippen LogP contribution in [0.2, 0.25) is 0 Å². The molecule has 0 spiro atoms. The number of nitrogens with zero attached hydrogens (tertiary/aromatic N) is 3. The average Bonchev–Trinajstić information content (AvgIpc) is 3.68. The van der Waals surface area contributed by atoms with Crippen molar-refractivity contribution < 1.29 is 9.53 Å². The van der Waals surface area contributed by atoms with Gasteiger partial charge >= 0.3 is 0 Å². The molecule has 4 heterocycles. The van der Waals surface area contributed by atoms with Crippen LogP contribution in [0.25, 0.3) is 11.3 Å². The second-order valence-corrected chi connectivity index (χ2v) is 11.3. The fourth-order valence-electron chi connectivity index (χ4n) is 4.25. The standard InChI is InChI=1S/C30H28N6O2S2/c1-20-2-3-24(28(37)34-14-21-6-11-39-16-21)12-22(20)4-5-23-13-25(15-33-27(23)32)26-17-40-29(36-26)35-19-30(18-31)7-9-38-10-8-30/h2-3,6,11-13,15-17H,7-10,14,19H2,1H3,(H2,32,33)(H,34,37)(H,35,36). The zero-order valence-corrected chi connectivity index (χ0v) is 23.6. The number of benzene rings is 1. The summed E-state index contributed by atoms with van der Waals surface area (Å²) in [4.78, 5) is 21.7. The van der Waals surface area contributed by atoms with Gasteiger partial charge in [0.25, 0.3) is 5.91 Å². The molecule has 0 atom stereocenters. The van der Waals surface area contributed by atoms with Crippen molar-refractivity contribution in [2.24, 2.45) is 5.41 Å². The van der Waals surface area contributed by atoms with Crippen LogP contribution in [0.15, 0.2) is 52.7 Å². The fraction of sp³-hybridized carbons (Fsp3) is 0.267. The lowest BCUT2D eigenvalue weighted by atomic mass is 9.82. The van der Waals surface area contributed by atoms with Gasteiger partial charge in [-0.15, -0.1) is 11.3 Å². The Morgan fingerprint density at radius 1 is 1.18 bits per heavy atom. The number of nitrogens with one attached hydrogen (secondary N) is 2. The molecule has 0 radical (unpaired) electrons. The third-order valence-corrected chi connectivity index (χ3v) is 8.38. The molecule has 4 aromatic rings. The molecule has 0 bridgehead atoms. The molecule has 0 saturated carbocycles. The van der Waals surface area contributed by atoms with Crippen molar-refractivity contribution in [3.8, 4) is 29.2 Å². The first-order valence-electron chi connectivity index (χ1n) is 12.8. The molecule has 3 aromatic heterocycles. The molecule has 1 fully saturated rings. The SMILES string of the molecule is Cc1ccc(C(=O)NCc2ccsc2)cc1C#Cc1cc(-c2csc(NCC3(C#N)CCOCC3)n2)cnc1N. The van der Waals surface area contributed by atoms with Gasteiger partial charge in [-0.2, -0.15) is 16.6 Å². The van der Waals surface area contributed by atoms with Crippen molar-refractivity contribution in [3.05, 3.63) is 80.5 Å². The summed E-state index contributed by atoms with van der Waals surface area (Å²) in [6.07, 6.45) is 3.10. The molecule has 1 aliphatic heterocycles. The minimum absolute atomic E-state index is 0.150. The van der Waals surface area contributed by atoms with Crippen molar-refractivity contribution in [1.29, 1.82) is 5.26 Å². The van der Waals surface area contributed by atoms with Gasteiger partial charge < -0.3 is 21.1 Å². The molecule has 10 heteroatoms. The number of rotatable bonds is 7. The van der Waals surface area contributed by atoms with E-state index in [2.05, 4.69) is 33.5 Å². The number of hydrogen-bond donors (Lipinski definition) is 3. The highest BCUT2D eigenvalue weighted by Gasteiger charge is 2.32. The molecule has 1 saturated heterocycles. The molecule has 40 heavy (non-hydrogen) atoms. The first kappa shape index (κ1) is 27.4. The maximum atomic E-state index is 12.7. The highest BCUT2D eigenvalue weighted by molar-refractivity contribution is 7.14. The van der Waals surface area contributed by atoms with E-state index in [0.717, 1.165) is 33.1 Å². The van der Waals surface area contributed by atoms with E-state index in [1.54, 1.807) is 29.7 Å². The summed E-state index contributed by atoms with van der Waals surface area (Å²) in [6.45, 7) is 4.17. The second-order valence-electron chi connectivity index (χ2n) is 9.65. The Balaban J connectivity index is 1.30. The largest absolute Gasteiger partial charge is 0.383 e. The van der Waals surface area contributed by atoms with Crippen molar-refractivity contribution in [2.75, 3.05) is 30.8 Å². The quantitative estimate of drug-likeness (QED) is 0.261. The van der Waals surface area contributed by atoms with Crippen LogP contribution in [0.1, 0.15) is 45.5 Å². The van der Waals surface area contributed by atoms with Crippen LogP contribution in [0.4, 0.5) is 10.9 Å². The summed E-state index contributed by atoms with van der Waals surface area (Å²) < 4.78 is 5.42. The number of anilines is 2. The molecule has 5 rings (SSSR count). The van der Waals surface area contributed by atoms with Crippen LogP contribution in [-0.4, -0.2) is 35.6 Å². The van der Waals surface area contributed by atoms with Gasteiger partial charge in [0.05, 0.1) is 22.7 Å². The lowest BCUT2D eigenvalue weighted by molar-refractivity contribution is 0.0456. The Morgan fingerprint density at radius 2 is 2.00 bits per heavy atom. The number of pyridine rings is 1. The molecule has 8 nitrogen and oxygen atoms in total. The van der Waals surface area contributed by atoms with Gasteiger partial charge in [-0.05, 0) is 65.9 Å². The molecular weight excluding hydrogens is 541 g/mol. The third-order valence-electron chi connectivity index (χ3n) is 6.85. The molecular formula is C30H28N6O2S2. The monoisotopic (exact) mass is 568 g/mol. The number of carbonyl (C=O) groups is 1. The van der Waals surface area contributed by atoms with E-state index in [1.165, 1.54) is 11.3 Å². The minimum Gasteiger partial charge on any atom is -0.383 e. The number of nitriles is 1. The lowest BCUT2D eigenvalue weighted by Gasteiger charge is -2.30. The van der Waals surface area contributed by atoms with Crippen LogP contribution in [-0.2, 0) is 11.3 Å². The number of nitrogens with two attached hydrogens (primary N) is 1. The number of amides is 1. The zero-order valence-electron chi connectivity index (χ0n) is 22.0. The zero-order chi connectivity index (χ0) is 28.0. The molecule has 0 unspecified atom stereocenters. The Bertz CT molecular complexity index is 1610. The van der Waals surface area contributed by atoms with Gasteiger partial charge in [-0.1, -0.05) is 17.9 Å². The van der Waals surface area contributed by atoms with Crippen LogP contribution >= 0.6 is 22.7 Å². The van der Waals surface area contributed by atoms with Gasteiger partial charge in [-0.3, -0.25) is 4.79 Å². The number of aromatic nitrogens is 2. The summed E-state index contributed by atoms with van der Waals surface area (Å²) in [6, 6.07) is 11.8. The Morgan fingerprint density at radius 3 is 2.77 bits per heavy atom. The van der Waals surface area contributed by atoms with E-state index in [1.807, 2.05) is 41.3 Å². The number of carbonyl (C=O) groups excluding carboxylic acids is 1. The highest BCUT2D eigenvalue weighted by Crippen LogP contribution is 2.32. The first-order valence-corrected chi connectivity index (χ1v) is 14.6. The predicted molar refractivity (Wildman–Crippen MR) is 159 cm³/mol. The molecule has 1 amide bonds. The smallest absolute Gasteiger partial charge is 0.251 e. The van der Waals surface area contributed by atoms with Crippen molar-refractivity contribution in [2.45, 2.75) is 26.3 Å². The Kier molecular flexibility index (Phi) is 8.42. The lowest BCUT2D eigenvalue weighted by Crippen LogP contribution is -2.34. The maximum Gasteiger partial charge on any atom is 0.251 e. The summed E-state index contributed by atoms with van der Waals surface area (Å²) in [5.74, 6) is 6.47. The van der Waals surface area contributed by atoms with Crippen LogP contribution in [0.3, 0.4) is 0 Å². The molecule has 202 valence electrons. The van der Waals surface area contributed by atoms with Crippen LogP contribution in [0.5, 0.6) is 0 Å². The number of thiazole rings is 1. The van der Waals surface area contributed by atoms with Crippen molar-refractivity contribution in [1.82, 2.24) is 15.3 Å². The normalized spacial score (nSPS) is 14.0. The van der Waals surface area contributed by atoms with Crippen molar-refractivity contribution >= 4 is 39.5 Å². The van der Waals surface area contributed by atoms with Crippen LogP contribution < -0.4 is 16.4 Å². The van der Waals surface area contributed by atoms with Gasteiger partial charge in [-0.25, -0.2) is 9.97 Å². The predicted octanol–water partition coefficient (Wildman–Crippen LogP) is 5.22. The first-order chi connectivity index (χ1) is 19.4. The number of ether oxygens (including phenoxy) is 1.